The van der Waals surface area contributed by atoms with Crippen molar-refractivity contribution in [1.82, 2.24) is 15.0 Å². The fourth-order valence-corrected chi connectivity index (χ4v) is 3.53. The smallest absolute Gasteiger partial charge is 0.166 e. The molecule has 4 rings (SSSR count). The molecule has 0 aliphatic heterocycles. The monoisotopic (exact) mass is 406 g/mol. The van der Waals surface area contributed by atoms with E-state index in [4.69, 9.17) is 10.1 Å². The third-order valence-corrected chi connectivity index (χ3v) is 5.08. The summed E-state index contributed by atoms with van der Waals surface area (Å²) in [4.78, 5) is 12.4. The first-order valence-corrected chi connectivity index (χ1v) is 10.1. The van der Waals surface area contributed by atoms with E-state index in [2.05, 4.69) is 15.3 Å². The summed E-state index contributed by atoms with van der Waals surface area (Å²) in [6.07, 6.45) is 1.73. The number of aliphatic hydroxyl groups is 1. The summed E-state index contributed by atoms with van der Waals surface area (Å²) in [5, 5.41) is 13.1. The third-order valence-electron chi connectivity index (χ3n) is 4.22. The molecule has 0 aliphatic carbocycles. The highest BCUT2D eigenvalue weighted by atomic mass is 32.2. The van der Waals surface area contributed by atoms with Crippen molar-refractivity contribution in [2.24, 2.45) is 0 Å². The van der Waals surface area contributed by atoms with E-state index < -0.39 is 0 Å². The van der Waals surface area contributed by atoms with Crippen LogP contribution in [0.1, 0.15) is 0 Å². The number of pyridine rings is 1. The Hall–Kier alpha value is -3.16. The summed E-state index contributed by atoms with van der Waals surface area (Å²) in [5.41, 5.74) is 4.19. The molecule has 2 heterocycles. The lowest BCUT2D eigenvalue weighted by molar-refractivity contribution is 0.322. The predicted molar refractivity (Wildman–Crippen MR) is 115 cm³/mol. The standard InChI is InChI=1S/C22H19FN4OS/c23-17-8-6-15(7-9-17)20-21(27-22(26-20)29-13-12-28)16-10-11-24-19(14-16)25-18-4-2-1-3-5-18/h1-11,14,28H,12-13H2,(H,24,25)(H,26,27). The zero-order valence-electron chi connectivity index (χ0n) is 15.5. The summed E-state index contributed by atoms with van der Waals surface area (Å²) < 4.78 is 13.4. The molecule has 5 nitrogen and oxygen atoms in total. The number of aromatic amines is 1. The van der Waals surface area contributed by atoms with Crippen LogP contribution in [-0.2, 0) is 0 Å². The Labute approximate surface area is 172 Å². The van der Waals surface area contributed by atoms with E-state index >= 15 is 0 Å². The van der Waals surface area contributed by atoms with Gasteiger partial charge in [-0.25, -0.2) is 14.4 Å². The maximum absolute atomic E-state index is 13.4. The molecule has 4 aromatic rings. The van der Waals surface area contributed by atoms with Crippen molar-refractivity contribution in [3.05, 3.63) is 78.7 Å². The summed E-state index contributed by atoms with van der Waals surface area (Å²) in [6, 6.07) is 19.9. The molecule has 0 unspecified atom stereocenters. The maximum atomic E-state index is 13.4. The molecule has 146 valence electrons. The van der Waals surface area contributed by atoms with Crippen LogP contribution in [0.4, 0.5) is 15.9 Å². The lowest BCUT2D eigenvalue weighted by atomic mass is 10.1. The van der Waals surface area contributed by atoms with Crippen molar-refractivity contribution in [1.29, 1.82) is 0 Å². The Morgan fingerprint density at radius 1 is 1.00 bits per heavy atom. The predicted octanol–water partition coefficient (Wildman–Crippen LogP) is 5.11. The second kappa shape index (κ2) is 8.89. The first kappa shape index (κ1) is 19.2. The Morgan fingerprint density at radius 2 is 1.79 bits per heavy atom. The first-order chi connectivity index (χ1) is 14.2. The fourth-order valence-electron chi connectivity index (χ4n) is 2.91. The zero-order valence-corrected chi connectivity index (χ0v) is 16.3. The number of nitrogens with one attached hydrogen (secondary N) is 2. The number of para-hydroxylation sites is 1. The van der Waals surface area contributed by atoms with Crippen LogP contribution >= 0.6 is 11.8 Å². The molecule has 0 bridgehead atoms. The van der Waals surface area contributed by atoms with Crippen LogP contribution in [0.5, 0.6) is 0 Å². The van der Waals surface area contributed by atoms with Crippen molar-refractivity contribution in [2.75, 3.05) is 17.7 Å². The summed E-state index contributed by atoms with van der Waals surface area (Å²) >= 11 is 1.43. The number of imidazole rings is 1. The van der Waals surface area contributed by atoms with E-state index in [-0.39, 0.29) is 12.4 Å². The number of H-pyrrole nitrogens is 1. The van der Waals surface area contributed by atoms with Gasteiger partial charge < -0.3 is 15.4 Å². The summed E-state index contributed by atoms with van der Waals surface area (Å²) in [5.74, 6) is 0.946. The molecule has 0 atom stereocenters. The van der Waals surface area contributed by atoms with Crippen LogP contribution < -0.4 is 5.32 Å². The number of hydrogen-bond acceptors (Lipinski definition) is 5. The molecule has 0 fully saturated rings. The number of aliphatic hydroxyl groups excluding tert-OH is 1. The van der Waals surface area contributed by atoms with Gasteiger partial charge in [0.2, 0.25) is 0 Å². The van der Waals surface area contributed by atoms with E-state index in [0.29, 0.717) is 16.7 Å². The number of hydrogen-bond donors (Lipinski definition) is 3. The minimum atomic E-state index is -0.289. The SMILES string of the molecule is OCCSc1nc(-c2ccnc(Nc3ccccc3)c2)c(-c2ccc(F)cc2)[nH]1. The Bertz CT molecular complexity index is 1080. The lowest BCUT2D eigenvalue weighted by Crippen LogP contribution is -1.94. The number of benzene rings is 2. The quantitative estimate of drug-likeness (QED) is 0.372. The largest absolute Gasteiger partial charge is 0.396 e. The number of aromatic nitrogens is 3. The van der Waals surface area contributed by atoms with Gasteiger partial charge in [0.1, 0.15) is 11.6 Å². The topological polar surface area (TPSA) is 73.8 Å². The van der Waals surface area contributed by atoms with Gasteiger partial charge in [-0.15, -0.1) is 0 Å². The Balaban J connectivity index is 1.72. The lowest BCUT2D eigenvalue weighted by Gasteiger charge is -2.08. The minimum Gasteiger partial charge on any atom is -0.396 e. The molecule has 29 heavy (non-hydrogen) atoms. The van der Waals surface area contributed by atoms with Gasteiger partial charge in [0.25, 0.3) is 0 Å². The number of rotatable bonds is 7. The van der Waals surface area contributed by atoms with Crippen LogP contribution in [0.15, 0.2) is 78.1 Å². The van der Waals surface area contributed by atoms with Crippen LogP contribution in [0.2, 0.25) is 0 Å². The molecule has 2 aromatic heterocycles. The first-order valence-electron chi connectivity index (χ1n) is 9.11. The van der Waals surface area contributed by atoms with E-state index in [1.54, 1.807) is 18.3 Å². The number of halogens is 1. The molecular weight excluding hydrogens is 387 g/mol. The highest BCUT2D eigenvalue weighted by Crippen LogP contribution is 2.33. The van der Waals surface area contributed by atoms with Crippen LogP contribution in [0, 0.1) is 5.82 Å². The van der Waals surface area contributed by atoms with Gasteiger partial charge in [-0.05, 0) is 48.5 Å². The number of thioether (sulfide) groups is 1. The van der Waals surface area contributed by atoms with Crippen LogP contribution in [-0.4, -0.2) is 32.4 Å². The highest BCUT2D eigenvalue weighted by molar-refractivity contribution is 7.99. The van der Waals surface area contributed by atoms with Gasteiger partial charge in [0, 0.05) is 28.8 Å². The van der Waals surface area contributed by atoms with Crippen LogP contribution in [0.3, 0.4) is 0 Å². The molecule has 0 amide bonds. The summed E-state index contributed by atoms with van der Waals surface area (Å²) in [7, 11) is 0. The van der Waals surface area contributed by atoms with Crippen molar-refractivity contribution >= 4 is 23.3 Å². The molecule has 0 radical (unpaired) electrons. The molecule has 0 spiro atoms. The maximum Gasteiger partial charge on any atom is 0.166 e. The average molecular weight is 406 g/mol. The normalized spacial score (nSPS) is 10.8. The van der Waals surface area contributed by atoms with E-state index in [9.17, 15) is 4.39 Å². The van der Waals surface area contributed by atoms with Crippen molar-refractivity contribution in [2.45, 2.75) is 5.16 Å². The Kier molecular flexibility index (Phi) is 5.88. The van der Waals surface area contributed by atoms with E-state index in [1.807, 2.05) is 42.5 Å². The second-order valence-corrected chi connectivity index (χ2v) is 7.35. The van der Waals surface area contributed by atoms with Gasteiger partial charge in [-0.1, -0.05) is 30.0 Å². The molecular formula is C22H19FN4OS. The molecule has 0 saturated heterocycles. The summed E-state index contributed by atoms with van der Waals surface area (Å²) in [6.45, 7) is 0.0625. The van der Waals surface area contributed by atoms with Gasteiger partial charge in [0.05, 0.1) is 18.0 Å². The second-order valence-electron chi connectivity index (χ2n) is 6.27. The van der Waals surface area contributed by atoms with E-state index in [1.165, 1.54) is 23.9 Å². The van der Waals surface area contributed by atoms with Gasteiger partial charge in [0.15, 0.2) is 5.16 Å². The van der Waals surface area contributed by atoms with Crippen LogP contribution in [0.25, 0.3) is 22.5 Å². The highest BCUT2D eigenvalue weighted by Gasteiger charge is 2.15. The number of anilines is 2. The minimum absolute atomic E-state index is 0.0625. The average Bonchev–Trinajstić information content (AvgIpc) is 3.18. The molecule has 0 aliphatic rings. The van der Waals surface area contributed by atoms with Gasteiger partial charge in [-0.3, -0.25) is 0 Å². The fraction of sp³-hybridized carbons (Fsp3) is 0.0909. The molecule has 2 aromatic carbocycles. The van der Waals surface area contributed by atoms with Crippen molar-refractivity contribution in [3.8, 4) is 22.5 Å². The number of nitrogens with zero attached hydrogens (tertiary/aromatic N) is 2. The molecule has 0 saturated carbocycles. The third kappa shape index (κ3) is 4.64. The molecule has 7 heteroatoms. The van der Waals surface area contributed by atoms with E-state index in [0.717, 1.165) is 28.2 Å². The van der Waals surface area contributed by atoms with Crippen molar-refractivity contribution < 1.29 is 9.50 Å². The van der Waals surface area contributed by atoms with Gasteiger partial charge in [-0.2, -0.15) is 0 Å². The zero-order chi connectivity index (χ0) is 20.1. The molecule has 3 N–H and O–H groups in total. The Morgan fingerprint density at radius 3 is 2.55 bits per heavy atom. The van der Waals surface area contributed by atoms with Gasteiger partial charge >= 0.3 is 0 Å². The van der Waals surface area contributed by atoms with Crippen molar-refractivity contribution in [3.63, 3.8) is 0 Å².